The second-order valence-electron chi connectivity index (χ2n) is 2.72. The predicted molar refractivity (Wildman–Crippen MR) is 44.1 cm³/mol. The van der Waals surface area contributed by atoms with Crippen LogP contribution < -0.4 is 5.32 Å². The van der Waals surface area contributed by atoms with E-state index in [1.807, 2.05) is 0 Å². The van der Waals surface area contributed by atoms with Gasteiger partial charge in [-0.15, -0.1) is 12.4 Å². The van der Waals surface area contributed by atoms with Gasteiger partial charge in [-0.3, -0.25) is 0 Å². The molecule has 5 N–H and O–H groups in total. The highest BCUT2D eigenvalue weighted by Crippen LogP contribution is 2.15. The van der Waals surface area contributed by atoms with Gasteiger partial charge < -0.3 is 25.7 Å². The third-order valence-electron chi connectivity index (χ3n) is 1.99. The Hall–Kier alpha value is 0.0900. The molecule has 6 heteroatoms. The van der Waals surface area contributed by atoms with E-state index in [9.17, 15) is 5.11 Å². The molecule has 0 amide bonds. The Bertz CT molecular complexity index is 137. The van der Waals surface area contributed by atoms with Crippen molar-refractivity contribution < 1.29 is 20.4 Å². The SMILES string of the molecule is Cl.OC[C@@H]1N[C@H]([C@@H](O)CO)[C@@H]1O. The fourth-order valence-electron chi connectivity index (χ4n) is 1.19. The van der Waals surface area contributed by atoms with Crippen molar-refractivity contribution in [1.82, 2.24) is 5.32 Å². The molecule has 5 nitrogen and oxygen atoms in total. The zero-order valence-electron chi connectivity index (χ0n) is 6.42. The Kier molecular flexibility index (Phi) is 5.00. The molecule has 1 fully saturated rings. The lowest BCUT2D eigenvalue weighted by Gasteiger charge is -2.43. The predicted octanol–water partition coefficient (Wildman–Crippen LogP) is -2.54. The Morgan fingerprint density at radius 2 is 1.92 bits per heavy atom. The second kappa shape index (κ2) is 4.96. The lowest BCUT2D eigenvalue weighted by molar-refractivity contribution is -0.0778. The van der Waals surface area contributed by atoms with Gasteiger partial charge in [-0.2, -0.15) is 0 Å². The molecule has 0 aliphatic carbocycles. The van der Waals surface area contributed by atoms with Crippen LogP contribution >= 0.6 is 12.4 Å². The third-order valence-corrected chi connectivity index (χ3v) is 1.99. The van der Waals surface area contributed by atoms with Gasteiger partial charge in [0, 0.05) is 0 Å². The number of aliphatic hydroxyl groups is 4. The van der Waals surface area contributed by atoms with E-state index in [2.05, 4.69) is 5.32 Å². The molecule has 0 saturated carbocycles. The van der Waals surface area contributed by atoms with Crippen molar-refractivity contribution in [2.75, 3.05) is 13.2 Å². The number of rotatable bonds is 3. The summed E-state index contributed by atoms with van der Waals surface area (Å²) >= 11 is 0. The van der Waals surface area contributed by atoms with Gasteiger partial charge in [0.25, 0.3) is 0 Å². The standard InChI is InChI=1S/C6H13NO4.ClH/c8-1-3-6(11)5(7-3)4(10)2-9;/h3-11H,1-2H2;1H/t3-,4-,5+,6+;/m0./s1. The normalized spacial score (nSPS) is 36.5. The first-order valence-electron chi connectivity index (χ1n) is 3.54. The summed E-state index contributed by atoms with van der Waals surface area (Å²) in [4.78, 5) is 0. The summed E-state index contributed by atoms with van der Waals surface area (Å²) in [6.45, 7) is -0.539. The fraction of sp³-hybridized carbons (Fsp3) is 1.00. The van der Waals surface area contributed by atoms with E-state index in [0.717, 1.165) is 0 Å². The number of hydrogen-bond acceptors (Lipinski definition) is 5. The van der Waals surface area contributed by atoms with Crippen LogP contribution in [0.1, 0.15) is 0 Å². The minimum atomic E-state index is -0.951. The van der Waals surface area contributed by atoms with Gasteiger partial charge in [-0.1, -0.05) is 0 Å². The topological polar surface area (TPSA) is 93.0 Å². The summed E-state index contributed by atoms with van der Waals surface area (Å²) in [5.41, 5.74) is 0. The van der Waals surface area contributed by atoms with E-state index in [4.69, 9.17) is 15.3 Å². The summed E-state index contributed by atoms with van der Waals surface area (Å²) in [5.74, 6) is 0. The third kappa shape index (κ3) is 2.07. The van der Waals surface area contributed by atoms with Gasteiger partial charge in [0.05, 0.1) is 37.5 Å². The molecule has 0 aromatic carbocycles. The molecule has 0 aromatic rings. The van der Waals surface area contributed by atoms with E-state index in [1.165, 1.54) is 0 Å². The Balaban J connectivity index is 0.00000121. The largest absolute Gasteiger partial charge is 0.395 e. The van der Waals surface area contributed by atoms with Crippen molar-refractivity contribution in [1.29, 1.82) is 0 Å². The molecule has 0 unspecified atom stereocenters. The Morgan fingerprint density at radius 3 is 2.25 bits per heavy atom. The van der Waals surface area contributed by atoms with Crippen molar-refractivity contribution in [3.05, 3.63) is 0 Å². The smallest absolute Gasteiger partial charge is 0.0949 e. The molecule has 0 radical (unpaired) electrons. The first kappa shape index (κ1) is 12.1. The fourth-order valence-corrected chi connectivity index (χ4v) is 1.19. The molecule has 0 bridgehead atoms. The van der Waals surface area contributed by atoms with Crippen LogP contribution in [0, 0.1) is 0 Å². The van der Waals surface area contributed by atoms with Crippen LogP contribution in [0.5, 0.6) is 0 Å². The molecule has 1 heterocycles. The number of halogens is 1. The molecule has 1 aliphatic heterocycles. The highest BCUT2D eigenvalue weighted by molar-refractivity contribution is 5.85. The molecule has 4 atom stereocenters. The maximum atomic E-state index is 9.18. The van der Waals surface area contributed by atoms with Gasteiger partial charge in [-0.25, -0.2) is 0 Å². The summed E-state index contributed by atoms with van der Waals surface area (Å²) < 4.78 is 0. The van der Waals surface area contributed by atoms with Crippen molar-refractivity contribution in [3.63, 3.8) is 0 Å². The van der Waals surface area contributed by atoms with Crippen molar-refractivity contribution in [3.8, 4) is 0 Å². The molecular formula is C6H14ClNO4. The van der Waals surface area contributed by atoms with Gasteiger partial charge in [0.1, 0.15) is 0 Å². The summed E-state index contributed by atoms with van der Waals surface area (Å²) in [7, 11) is 0. The van der Waals surface area contributed by atoms with E-state index in [0.29, 0.717) is 0 Å². The Morgan fingerprint density at radius 1 is 1.33 bits per heavy atom. The molecule has 0 spiro atoms. The molecule has 74 valence electrons. The zero-order valence-corrected chi connectivity index (χ0v) is 7.24. The first-order chi connectivity index (χ1) is 5.20. The number of aliphatic hydroxyl groups excluding tert-OH is 4. The first-order valence-corrected chi connectivity index (χ1v) is 3.54. The highest BCUT2D eigenvalue weighted by Gasteiger charge is 2.42. The molecule has 1 rings (SSSR count). The van der Waals surface area contributed by atoms with Crippen LogP contribution in [0.25, 0.3) is 0 Å². The van der Waals surface area contributed by atoms with Crippen LogP contribution in [0.3, 0.4) is 0 Å². The van der Waals surface area contributed by atoms with Gasteiger partial charge in [0.2, 0.25) is 0 Å². The average Bonchev–Trinajstić information content (AvgIpc) is 2.02. The number of nitrogens with one attached hydrogen (secondary N) is 1. The summed E-state index contributed by atoms with van der Waals surface area (Å²) in [6, 6.07) is -0.863. The van der Waals surface area contributed by atoms with Gasteiger partial charge >= 0.3 is 0 Å². The van der Waals surface area contributed by atoms with Crippen LogP contribution in [0.4, 0.5) is 0 Å². The molecule has 1 saturated heterocycles. The quantitative estimate of drug-likeness (QED) is 0.345. The van der Waals surface area contributed by atoms with Gasteiger partial charge in [0.15, 0.2) is 0 Å². The van der Waals surface area contributed by atoms with Crippen LogP contribution in [0.15, 0.2) is 0 Å². The minimum Gasteiger partial charge on any atom is -0.395 e. The lowest BCUT2D eigenvalue weighted by atomic mass is 9.89. The minimum absolute atomic E-state index is 0. The van der Waals surface area contributed by atoms with E-state index in [1.54, 1.807) is 0 Å². The maximum absolute atomic E-state index is 9.18. The molecular weight excluding hydrogens is 186 g/mol. The summed E-state index contributed by atoms with van der Waals surface area (Å²) in [6.07, 6.45) is -1.71. The molecule has 0 aromatic heterocycles. The van der Waals surface area contributed by atoms with Crippen LogP contribution in [-0.4, -0.2) is 57.9 Å². The van der Waals surface area contributed by atoms with Crippen LogP contribution in [0.2, 0.25) is 0 Å². The van der Waals surface area contributed by atoms with E-state index in [-0.39, 0.29) is 31.7 Å². The lowest BCUT2D eigenvalue weighted by Crippen LogP contribution is -2.71. The second-order valence-corrected chi connectivity index (χ2v) is 2.72. The number of hydrogen-bond donors (Lipinski definition) is 5. The Labute approximate surface area is 76.4 Å². The van der Waals surface area contributed by atoms with Crippen LogP contribution in [-0.2, 0) is 0 Å². The monoisotopic (exact) mass is 199 g/mol. The molecule has 12 heavy (non-hydrogen) atoms. The maximum Gasteiger partial charge on any atom is 0.0949 e. The highest BCUT2D eigenvalue weighted by atomic mass is 35.5. The van der Waals surface area contributed by atoms with Crippen molar-refractivity contribution in [2.45, 2.75) is 24.3 Å². The van der Waals surface area contributed by atoms with Crippen molar-refractivity contribution in [2.24, 2.45) is 0 Å². The van der Waals surface area contributed by atoms with E-state index >= 15 is 0 Å². The van der Waals surface area contributed by atoms with Crippen molar-refractivity contribution >= 4 is 12.4 Å². The zero-order chi connectivity index (χ0) is 8.43. The van der Waals surface area contributed by atoms with E-state index < -0.39 is 18.2 Å². The molecule has 1 aliphatic rings. The van der Waals surface area contributed by atoms with Gasteiger partial charge in [-0.05, 0) is 0 Å². The average molecular weight is 200 g/mol. The summed E-state index contributed by atoms with van der Waals surface area (Å²) in [5, 5.41) is 37.9.